The SMILES string of the molecule is Cc1cc(OC(F)(F)C(F)F)ccc1NC(=O)c1cccc(Cl)c1C(=O)NC[Si](C)(C)C. The number of rotatable bonds is 8. The monoisotopic (exact) mass is 490 g/mol. The Labute approximate surface area is 189 Å². The minimum atomic E-state index is -4.64. The van der Waals surface area contributed by atoms with Crippen LogP contribution in [0.15, 0.2) is 36.4 Å². The summed E-state index contributed by atoms with van der Waals surface area (Å²) in [4.78, 5) is 25.5. The van der Waals surface area contributed by atoms with E-state index in [1.807, 2.05) is 0 Å². The standard InChI is InChI=1S/C21H23ClF4N2O3Si/c1-12-10-13(31-21(25,26)20(23)24)8-9-16(12)28-18(29)14-6-5-7-15(22)17(14)19(30)27-11-32(2,3)4/h5-10,20H,11H2,1-4H3,(H,27,30)(H,28,29). The van der Waals surface area contributed by atoms with Crippen molar-refractivity contribution >= 4 is 37.2 Å². The van der Waals surface area contributed by atoms with Crippen LogP contribution in [0, 0.1) is 6.92 Å². The normalized spacial score (nSPS) is 11.9. The van der Waals surface area contributed by atoms with Gasteiger partial charge in [-0.3, -0.25) is 9.59 Å². The van der Waals surface area contributed by atoms with E-state index in [4.69, 9.17) is 11.6 Å². The first-order chi connectivity index (χ1) is 14.7. The largest absolute Gasteiger partial charge is 0.461 e. The summed E-state index contributed by atoms with van der Waals surface area (Å²) in [6.07, 6.45) is -8.14. The molecule has 2 amide bonds. The van der Waals surface area contributed by atoms with Gasteiger partial charge in [0, 0.05) is 11.9 Å². The molecule has 0 aromatic heterocycles. The molecule has 11 heteroatoms. The van der Waals surface area contributed by atoms with Gasteiger partial charge in [0.2, 0.25) is 0 Å². The molecule has 2 aromatic rings. The van der Waals surface area contributed by atoms with Crippen molar-refractivity contribution in [2.24, 2.45) is 0 Å². The molecule has 0 saturated heterocycles. The molecule has 2 rings (SSSR count). The number of carbonyl (C=O) groups is 2. The topological polar surface area (TPSA) is 67.4 Å². The van der Waals surface area contributed by atoms with Crippen molar-refractivity contribution in [2.45, 2.75) is 39.1 Å². The molecule has 2 N–H and O–H groups in total. The molecule has 0 saturated carbocycles. The molecule has 0 aliphatic carbocycles. The molecule has 0 atom stereocenters. The highest BCUT2D eigenvalue weighted by Gasteiger charge is 2.44. The zero-order chi connectivity index (χ0) is 24.3. The maximum absolute atomic E-state index is 13.1. The first-order valence-electron chi connectivity index (χ1n) is 9.55. The number of anilines is 1. The van der Waals surface area contributed by atoms with E-state index in [2.05, 4.69) is 35.0 Å². The van der Waals surface area contributed by atoms with Crippen LogP contribution in [0.3, 0.4) is 0 Å². The Balaban J connectivity index is 2.25. The van der Waals surface area contributed by atoms with Gasteiger partial charge in [-0.2, -0.15) is 17.6 Å². The fourth-order valence-corrected chi connectivity index (χ4v) is 3.56. The average Bonchev–Trinajstić information content (AvgIpc) is 2.67. The molecule has 0 bridgehead atoms. The van der Waals surface area contributed by atoms with Gasteiger partial charge in [0.15, 0.2) is 0 Å². The van der Waals surface area contributed by atoms with Crippen LogP contribution in [-0.4, -0.2) is 38.6 Å². The van der Waals surface area contributed by atoms with Crippen LogP contribution < -0.4 is 15.4 Å². The number of ether oxygens (including phenoxy) is 1. The Morgan fingerprint density at radius 1 is 1.12 bits per heavy atom. The number of hydrogen-bond donors (Lipinski definition) is 2. The zero-order valence-electron chi connectivity index (χ0n) is 17.9. The third kappa shape index (κ3) is 6.70. The van der Waals surface area contributed by atoms with Crippen molar-refractivity contribution in [3.63, 3.8) is 0 Å². The Morgan fingerprint density at radius 2 is 1.78 bits per heavy atom. The van der Waals surface area contributed by atoms with E-state index in [1.54, 1.807) is 0 Å². The average molecular weight is 491 g/mol. The van der Waals surface area contributed by atoms with Crippen LogP contribution in [0.4, 0.5) is 23.2 Å². The molecular formula is C21H23ClF4N2O3Si. The lowest BCUT2D eigenvalue weighted by Crippen LogP contribution is -2.40. The predicted octanol–water partition coefficient (Wildman–Crippen LogP) is 5.74. The lowest BCUT2D eigenvalue weighted by molar-refractivity contribution is -0.253. The fourth-order valence-electron chi connectivity index (χ4n) is 2.61. The minimum Gasteiger partial charge on any atom is -0.428 e. The third-order valence-corrected chi connectivity index (χ3v) is 5.77. The molecule has 2 aromatic carbocycles. The number of aryl methyl sites for hydroxylation is 1. The van der Waals surface area contributed by atoms with Gasteiger partial charge < -0.3 is 15.4 Å². The number of amides is 2. The van der Waals surface area contributed by atoms with E-state index in [0.29, 0.717) is 6.17 Å². The Bertz CT molecular complexity index is 1010. The molecule has 0 radical (unpaired) electrons. The number of hydrogen-bond acceptors (Lipinski definition) is 3. The Hall–Kier alpha value is -2.59. The fraction of sp³-hybridized carbons (Fsp3) is 0.333. The van der Waals surface area contributed by atoms with Gasteiger partial charge in [0.25, 0.3) is 11.8 Å². The highest BCUT2D eigenvalue weighted by Crippen LogP contribution is 2.30. The lowest BCUT2D eigenvalue weighted by atomic mass is 10.1. The van der Waals surface area contributed by atoms with E-state index in [0.717, 1.165) is 12.1 Å². The molecule has 0 fully saturated rings. The van der Waals surface area contributed by atoms with Crippen molar-refractivity contribution in [2.75, 3.05) is 11.5 Å². The maximum atomic E-state index is 13.1. The Morgan fingerprint density at radius 3 is 2.34 bits per heavy atom. The smallest absolute Gasteiger partial charge is 0.428 e. The highest BCUT2D eigenvalue weighted by atomic mass is 35.5. The molecule has 174 valence electrons. The number of halogens is 5. The van der Waals surface area contributed by atoms with Gasteiger partial charge in [-0.05, 0) is 42.8 Å². The molecule has 0 aliphatic heterocycles. The number of nitrogens with one attached hydrogen (secondary N) is 2. The summed E-state index contributed by atoms with van der Waals surface area (Å²) in [6, 6.07) is 7.79. The van der Waals surface area contributed by atoms with E-state index in [-0.39, 0.29) is 27.4 Å². The van der Waals surface area contributed by atoms with Gasteiger partial charge in [0.05, 0.1) is 24.2 Å². The molecular weight excluding hydrogens is 468 g/mol. The summed E-state index contributed by atoms with van der Waals surface area (Å²) in [6.45, 7) is 7.69. The maximum Gasteiger partial charge on any atom is 0.461 e. The van der Waals surface area contributed by atoms with Crippen LogP contribution in [0.5, 0.6) is 5.75 Å². The van der Waals surface area contributed by atoms with E-state index in [9.17, 15) is 27.2 Å². The summed E-state index contributed by atoms with van der Waals surface area (Å²) in [7, 11) is -1.60. The summed E-state index contributed by atoms with van der Waals surface area (Å²) in [5, 5.41) is 5.47. The van der Waals surface area contributed by atoms with Crippen LogP contribution >= 0.6 is 11.6 Å². The first-order valence-corrected chi connectivity index (χ1v) is 13.6. The highest BCUT2D eigenvalue weighted by molar-refractivity contribution is 6.76. The van der Waals surface area contributed by atoms with Gasteiger partial charge in [0.1, 0.15) is 5.75 Å². The summed E-state index contributed by atoms with van der Waals surface area (Å²) < 4.78 is 54.9. The van der Waals surface area contributed by atoms with Crippen molar-refractivity contribution in [1.82, 2.24) is 5.32 Å². The number of carbonyl (C=O) groups excluding carboxylic acids is 2. The minimum absolute atomic E-state index is 0.0131. The van der Waals surface area contributed by atoms with Crippen LogP contribution in [0.2, 0.25) is 24.7 Å². The van der Waals surface area contributed by atoms with Crippen molar-refractivity contribution in [3.05, 3.63) is 58.1 Å². The summed E-state index contributed by atoms with van der Waals surface area (Å²) >= 11 is 6.18. The van der Waals surface area contributed by atoms with E-state index in [1.165, 1.54) is 31.2 Å². The molecule has 5 nitrogen and oxygen atoms in total. The summed E-state index contributed by atoms with van der Waals surface area (Å²) in [5.41, 5.74) is 0.539. The van der Waals surface area contributed by atoms with Gasteiger partial charge in [-0.25, -0.2) is 0 Å². The third-order valence-electron chi connectivity index (χ3n) is 4.22. The van der Waals surface area contributed by atoms with Crippen LogP contribution in [0.25, 0.3) is 0 Å². The quantitative estimate of drug-likeness (QED) is 0.366. The first kappa shape index (κ1) is 25.7. The Kier molecular flexibility index (Phi) is 7.95. The molecule has 0 unspecified atom stereocenters. The number of alkyl halides is 4. The lowest BCUT2D eigenvalue weighted by Gasteiger charge is -2.19. The second-order valence-electron chi connectivity index (χ2n) is 8.30. The van der Waals surface area contributed by atoms with Gasteiger partial charge >= 0.3 is 12.5 Å². The van der Waals surface area contributed by atoms with E-state index >= 15 is 0 Å². The van der Waals surface area contributed by atoms with Crippen LogP contribution in [-0.2, 0) is 0 Å². The van der Waals surface area contributed by atoms with Crippen molar-refractivity contribution in [3.8, 4) is 5.75 Å². The second kappa shape index (κ2) is 9.91. The number of benzene rings is 2. The van der Waals surface area contributed by atoms with Crippen molar-refractivity contribution < 1.29 is 31.9 Å². The zero-order valence-corrected chi connectivity index (χ0v) is 19.6. The molecule has 0 spiro atoms. The second-order valence-corrected chi connectivity index (χ2v) is 14.2. The molecule has 32 heavy (non-hydrogen) atoms. The molecule has 0 heterocycles. The van der Waals surface area contributed by atoms with E-state index < -0.39 is 38.2 Å². The van der Waals surface area contributed by atoms with Gasteiger partial charge in [-0.1, -0.05) is 37.3 Å². The van der Waals surface area contributed by atoms with Gasteiger partial charge in [-0.15, -0.1) is 0 Å². The summed E-state index contributed by atoms with van der Waals surface area (Å²) in [5.74, 6) is -1.63. The van der Waals surface area contributed by atoms with Crippen molar-refractivity contribution in [1.29, 1.82) is 0 Å². The van der Waals surface area contributed by atoms with Crippen LogP contribution in [0.1, 0.15) is 26.3 Å². The predicted molar refractivity (Wildman–Crippen MR) is 118 cm³/mol. The molecule has 0 aliphatic rings.